The molecule has 3 rings (SSSR count). The van der Waals surface area contributed by atoms with Crippen LogP contribution in [0.3, 0.4) is 0 Å². The van der Waals surface area contributed by atoms with E-state index in [1.807, 2.05) is 6.92 Å². The van der Waals surface area contributed by atoms with Gasteiger partial charge in [0, 0.05) is 81.4 Å². The summed E-state index contributed by atoms with van der Waals surface area (Å²) >= 11 is 0. The lowest BCUT2D eigenvalue weighted by Crippen LogP contribution is -2.38. The number of aromatic nitrogens is 4. The minimum absolute atomic E-state index is 0.245. The van der Waals surface area contributed by atoms with Crippen LogP contribution in [0.1, 0.15) is 19.8 Å². The van der Waals surface area contributed by atoms with Crippen LogP contribution in [-0.4, -0.2) is 134 Å². The summed E-state index contributed by atoms with van der Waals surface area (Å²) in [6, 6.07) is 0. The second-order valence-electron chi connectivity index (χ2n) is 9.31. The predicted octanol–water partition coefficient (Wildman–Crippen LogP) is 1.67. The minimum atomic E-state index is 0.245. The third kappa shape index (κ3) is 8.45. The molecule has 0 radical (unpaired) electrons. The molecule has 13 nitrogen and oxygen atoms in total. The average Bonchev–Trinajstić information content (AvgIpc) is 2.97. The number of rotatable bonds is 18. The fourth-order valence-corrected chi connectivity index (χ4v) is 4.50. The normalized spacial score (nSPS) is 14.3. The van der Waals surface area contributed by atoms with Gasteiger partial charge in [-0.3, -0.25) is 0 Å². The molecule has 1 N–H and O–H groups in total. The number of nitrogens with zero attached hydrogens (tertiary/aromatic N) is 7. The van der Waals surface area contributed by atoms with E-state index in [1.54, 1.807) is 35.5 Å². The topological polar surface area (TPSA) is 119 Å². The van der Waals surface area contributed by atoms with E-state index in [2.05, 4.69) is 20.0 Å². The maximum absolute atomic E-state index is 5.63. The molecular formula is C26H46N8O5. The van der Waals surface area contributed by atoms with Gasteiger partial charge in [0.1, 0.15) is 11.0 Å². The van der Waals surface area contributed by atoms with Gasteiger partial charge in [-0.05, 0) is 19.8 Å². The maximum Gasteiger partial charge on any atom is 0.228 e. The van der Waals surface area contributed by atoms with Gasteiger partial charge in [-0.15, -0.1) is 0 Å². The van der Waals surface area contributed by atoms with Crippen molar-refractivity contribution in [1.29, 1.82) is 0 Å². The van der Waals surface area contributed by atoms with Crippen molar-refractivity contribution < 1.29 is 23.7 Å². The van der Waals surface area contributed by atoms with Gasteiger partial charge in [0.2, 0.25) is 11.9 Å². The van der Waals surface area contributed by atoms with Crippen LogP contribution in [0.2, 0.25) is 0 Å². The lowest BCUT2D eigenvalue weighted by molar-refractivity contribution is 0.0818. The monoisotopic (exact) mass is 550 g/mol. The van der Waals surface area contributed by atoms with Crippen LogP contribution in [0.15, 0.2) is 0 Å². The Morgan fingerprint density at radius 1 is 0.718 bits per heavy atom. The van der Waals surface area contributed by atoms with Crippen LogP contribution < -0.4 is 20.0 Å². The molecule has 1 saturated heterocycles. The van der Waals surface area contributed by atoms with Gasteiger partial charge in [0.05, 0.1) is 32.5 Å². The van der Waals surface area contributed by atoms with E-state index in [-0.39, 0.29) is 6.10 Å². The zero-order valence-electron chi connectivity index (χ0n) is 24.4. The van der Waals surface area contributed by atoms with Gasteiger partial charge < -0.3 is 43.7 Å². The molecule has 0 spiro atoms. The summed E-state index contributed by atoms with van der Waals surface area (Å²) in [6.45, 7) is 9.06. The van der Waals surface area contributed by atoms with Crippen molar-refractivity contribution >= 4 is 34.6 Å². The molecule has 13 heteroatoms. The standard InChI is InChI=1S/C26H46N8O5/c1-7-27-23-21-22(29-25(30-23)33(12-16-35-2)13-17-36-3)24(32-10-8-20(39-6)9-11-32)31-26(28-21)34(14-18-37-4)15-19-38-5/h20H,7-19H2,1-6H3,(H,27,29,30). The highest BCUT2D eigenvalue weighted by Crippen LogP contribution is 2.32. The highest BCUT2D eigenvalue weighted by molar-refractivity contribution is 5.94. The summed E-state index contributed by atoms with van der Waals surface area (Å²) in [6.07, 6.45) is 2.08. The minimum Gasteiger partial charge on any atom is -0.383 e. The highest BCUT2D eigenvalue weighted by atomic mass is 16.5. The predicted molar refractivity (Wildman–Crippen MR) is 153 cm³/mol. The molecule has 220 valence electrons. The number of hydrogen-bond acceptors (Lipinski definition) is 13. The van der Waals surface area contributed by atoms with Crippen molar-refractivity contribution in [2.75, 3.05) is 128 Å². The molecule has 1 fully saturated rings. The molecule has 0 atom stereocenters. The summed E-state index contributed by atoms with van der Waals surface area (Å²) < 4.78 is 27.1. The van der Waals surface area contributed by atoms with E-state index >= 15 is 0 Å². The molecule has 0 bridgehead atoms. The summed E-state index contributed by atoms with van der Waals surface area (Å²) in [5.74, 6) is 2.66. The van der Waals surface area contributed by atoms with Crippen molar-refractivity contribution in [2.45, 2.75) is 25.9 Å². The zero-order chi connectivity index (χ0) is 28.0. The Bertz CT molecular complexity index is 976. The van der Waals surface area contributed by atoms with E-state index in [0.717, 1.165) is 31.7 Å². The fourth-order valence-electron chi connectivity index (χ4n) is 4.50. The molecule has 0 aliphatic carbocycles. The quantitative estimate of drug-likeness (QED) is 0.290. The molecule has 3 heterocycles. The number of fused-ring (bicyclic) bond motifs is 1. The number of methoxy groups -OCH3 is 5. The smallest absolute Gasteiger partial charge is 0.228 e. The van der Waals surface area contributed by atoms with Crippen molar-refractivity contribution in [2.24, 2.45) is 0 Å². The third-order valence-electron chi connectivity index (χ3n) is 6.75. The number of ether oxygens (including phenoxy) is 5. The Kier molecular flexibility index (Phi) is 13.1. The largest absolute Gasteiger partial charge is 0.383 e. The number of nitrogens with one attached hydrogen (secondary N) is 1. The molecule has 2 aromatic heterocycles. The fraction of sp³-hybridized carbons (Fsp3) is 0.769. The maximum atomic E-state index is 5.63. The lowest BCUT2D eigenvalue weighted by atomic mass is 10.1. The van der Waals surface area contributed by atoms with Gasteiger partial charge in [-0.25, -0.2) is 9.97 Å². The number of anilines is 4. The van der Waals surface area contributed by atoms with Crippen LogP contribution in [0, 0.1) is 0 Å². The van der Waals surface area contributed by atoms with Gasteiger partial charge in [-0.1, -0.05) is 0 Å². The highest BCUT2D eigenvalue weighted by Gasteiger charge is 2.26. The van der Waals surface area contributed by atoms with Gasteiger partial charge in [-0.2, -0.15) is 9.97 Å². The first kappa shape index (κ1) is 31.0. The SMILES string of the molecule is CCNc1nc(N(CCOC)CCOC)nc2c(N3CCC(OC)CC3)nc(N(CCOC)CCOC)nc12. The molecule has 0 amide bonds. The van der Waals surface area contributed by atoms with Gasteiger partial charge >= 0.3 is 0 Å². The van der Waals surface area contributed by atoms with Gasteiger partial charge in [0.15, 0.2) is 11.6 Å². The third-order valence-corrected chi connectivity index (χ3v) is 6.75. The van der Waals surface area contributed by atoms with Gasteiger partial charge in [0.25, 0.3) is 0 Å². The molecule has 0 aromatic carbocycles. The Morgan fingerprint density at radius 2 is 1.21 bits per heavy atom. The molecule has 2 aromatic rings. The second kappa shape index (κ2) is 16.5. The molecule has 39 heavy (non-hydrogen) atoms. The zero-order valence-corrected chi connectivity index (χ0v) is 24.4. The Labute approximate surface area is 232 Å². The molecule has 0 unspecified atom stereocenters. The van der Waals surface area contributed by atoms with Crippen molar-refractivity contribution in [3.8, 4) is 0 Å². The summed E-state index contributed by atoms with van der Waals surface area (Å²) in [4.78, 5) is 26.6. The Balaban J connectivity index is 2.18. The lowest BCUT2D eigenvalue weighted by Gasteiger charge is -2.33. The van der Waals surface area contributed by atoms with Crippen LogP contribution >= 0.6 is 0 Å². The number of piperidine rings is 1. The first-order chi connectivity index (χ1) is 19.1. The van der Waals surface area contributed by atoms with Crippen LogP contribution in [-0.2, 0) is 23.7 Å². The molecule has 0 saturated carbocycles. The van der Waals surface area contributed by atoms with Crippen molar-refractivity contribution in [1.82, 2.24) is 19.9 Å². The first-order valence-electron chi connectivity index (χ1n) is 13.7. The Morgan fingerprint density at radius 3 is 1.67 bits per heavy atom. The Hall–Kier alpha value is -2.58. The molecule has 1 aliphatic heterocycles. The van der Waals surface area contributed by atoms with Crippen LogP contribution in [0.5, 0.6) is 0 Å². The summed E-state index contributed by atoms with van der Waals surface area (Å²) in [7, 11) is 8.54. The van der Waals surface area contributed by atoms with Crippen molar-refractivity contribution in [3.63, 3.8) is 0 Å². The van der Waals surface area contributed by atoms with Crippen LogP contribution in [0.4, 0.5) is 23.5 Å². The van der Waals surface area contributed by atoms with E-state index in [4.69, 9.17) is 43.6 Å². The van der Waals surface area contributed by atoms with E-state index in [9.17, 15) is 0 Å². The average molecular weight is 551 g/mol. The van der Waals surface area contributed by atoms with E-state index in [0.29, 0.717) is 87.9 Å². The summed E-state index contributed by atoms with van der Waals surface area (Å²) in [5, 5.41) is 3.42. The van der Waals surface area contributed by atoms with E-state index < -0.39 is 0 Å². The van der Waals surface area contributed by atoms with E-state index in [1.165, 1.54) is 0 Å². The van der Waals surface area contributed by atoms with Crippen LogP contribution in [0.25, 0.3) is 11.0 Å². The number of hydrogen-bond donors (Lipinski definition) is 1. The summed E-state index contributed by atoms with van der Waals surface area (Å²) in [5.41, 5.74) is 1.40. The molecular weight excluding hydrogens is 504 g/mol. The first-order valence-corrected chi connectivity index (χ1v) is 13.7. The van der Waals surface area contributed by atoms with Crippen molar-refractivity contribution in [3.05, 3.63) is 0 Å². The molecule has 1 aliphatic rings. The second-order valence-corrected chi connectivity index (χ2v) is 9.31.